The third-order valence-corrected chi connectivity index (χ3v) is 7.16. The molecule has 4 aromatic rings. The maximum Gasteiger partial charge on any atom is 0.373 e. The van der Waals surface area contributed by atoms with E-state index < -0.39 is 5.97 Å². The predicted molar refractivity (Wildman–Crippen MR) is 135 cm³/mol. The molecule has 4 heterocycles. The topological polar surface area (TPSA) is 93.8 Å². The van der Waals surface area contributed by atoms with E-state index in [1.807, 2.05) is 12.3 Å². The van der Waals surface area contributed by atoms with Gasteiger partial charge in [-0.05, 0) is 60.8 Å². The summed E-state index contributed by atoms with van der Waals surface area (Å²) in [7, 11) is 0. The highest BCUT2D eigenvalue weighted by Gasteiger charge is 2.24. The van der Waals surface area contributed by atoms with Crippen molar-refractivity contribution in [1.82, 2.24) is 24.5 Å². The quantitative estimate of drug-likeness (QED) is 0.350. The molecular formula is C27H28ClN5O2. The summed E-state index contributed by atoms with van der Waals surface area (Å²) >= 11 is 6.25. The van der Waals surface area contributed by atoms with E-state index >= 15 is 0 Å². The van der Waals surface area contributed by atoms with Gasteiger partial charge in [0.05, 0.1) is 16.1 Å². The second-order valence-electron chi connectivity index (χ2n) is 9.58. The van der Waals surface area contributed by atoms with Crippen molar-refractivity contribution in [2.45, 2.75) is 52.0 Å². The Morgan fingerprint density at radius 1 is 1.11 bits per heavy atom. The fraction of sp³-hybridized carbons (Fsp3) is 0.370. The molecule has 4 aromatic heterocycles. The smallest absolute Gasteiger partial charge is 0.373 e. The van der Waals surface area contributed by atoms with Gasteiger partial charge in [0, 0.05) is 43.1 Å². The highest BCUT2D eigenvalue weighted by Crippen LogP contribution is 2.34. The normalized spacial score (nSPS) is 18.1. The van der Waals surface area contributed by atoms with Gasteiger partial charge in [-0.1, -0.05) is 37.4 Å². The van der Waals surface area contributed by atoms with Crippen LogP contribution < -0.4 is 0 Å². The van der Waals surface area contributed by atoms with Crippen molar-refractivity contribution in [2.24, 2.45) is 11.8 Å². The van der Waals surface area contributed by atoms with E-state index in [2.05, 4.69) is 43.7 Å². The summed E-state index contributed by atoms with van der Waals surface area (Å²) in [6.45, 7) is 3.18. The largest absolute Gasteiger partial charge is 0.475 e. The monoisotopic (exact) mass is 489 g/mol. The molecule has 180 valence electrons. The number of hydrogen-bond donors (Lipinski definition) is 1. The molecule has 0 atom stereocenters. The van der Waals surface area contributed by atoms with Crippen LogP contribution in [-0.4, -0.2) is 35.6 Å². The summed E-state index contributed by atoms with van der Waals surface area (Å²) in [5.74, 6) is -0.0376. The van der Waals surface area contributed by atoms with Gasteiger partial charge in [-0.2, -0.15) is 0 Å². The first-order valence-corrected chi connectivity index (χ1v) is 12.5. The lowest BCUT2D eigenvalue weighted by molar-refractivity contribution is 0.0684. The van der Waals surface area contributed by atoms with E-state index in [0.29, 0.717) is 27.7 Å². The van der Waals surface area contributed by atoms with Crippen molar-refractivity contribution < 1.29 is 9.90 Å². The number of rotatable bonds is 7. The van der Waals surface area contributed by atoms with Crippen molar-refractivity contribution in [1.29, 1.82) is 0 Å². The lowest BCUT2D eigenvalue weighted by atomic mass is 9.83. The first-order chi connectivity index (χ1) is 17.0. The van der Waals surface area contributed by atoms with Gasteiger partial charge in [0.2, 0.25) is 5.82 Å². The Bertz CT molecular complexity index is 1350. The number of pyridine rings is 2. The maximum atomic E-state index is 12.0. The molecule has 0 aliphatic heterocycles. The molecule has 0 unspecified atom stereocenters. The first-order valence-electron chi connectivity index (χ1n) is 12.1. The number of aromatic nitrogens is 5. The Kier molecular flexibility index (Phi) is 6.77. The van der Waals surface area contributed by atoms with Crippen LogP contribution in [0.15, 0.2) is 49.2 Å². The molecule has 7 nitrogen and oxygen atoms in total. The van der Waals surface area contributed by atoms with Gasteiger partial charge in [-0.15, -0.1) is 0 Å². The zero-order valence-corrected chi connectivity index (χ0v) is 20.4. The van der Waals surface area contributed by atoms with E-state index in [1.165, 1.54) is 25.7 Å². The Morgan fingerprint density at radius 2 is 1.94 bits per heavy atom. The highest BCUT2D eigenvalue weighted by atomic mass is 35.5. The molecule has 0 amide bonds. The molecule has 1 N–H and O–H groups in total. The number of fused-ring (bicyclic) bond motifs is 1. The molecule has 35 heavy (non-hydrogen) atoms. The Hall–Kier alpha value is -3.32. The SMILES string of the molecule is C[C@H]1CC[C@H](Cn2cc(CCc3cccnc3)c3nc(C(=O)O)nc(-c4cncc(Cl)c4)c32)CC1. The number of carbonyl (C=O) groups is 1. The van der Waals surface area contributed by atoms with Crippen molar-refractivity contribution in [3.63, 3.8) is 0 Å². The van der Waals surface area contributed by atoms with Gasteiger partial charge >= 0.3 is 5.97 Å². The zero-order valence-electron chi connectivity index (χ0n) is 19.7. The molecule has 1 fully saturated rings. The maximum absolute atomic E-state index is 12.0. The number of halogens is 1. The van der Waals surface area contributed by atoms with Gasteiger partial charge in [-0.25, -0.2) is 14.8 Å². The molecule has 0 spiro atoms. The van der Waals surface area contributed by atoms with Crippen LogP contribution in [0, 0.1) is 11.8 Å². The summed E-state index contributed by atoms with van der Waals surface area (Å²) in [6.07, 6.45) is 15.4. The average molecular weight is 490 g/mol. The number of nitrogens with zero attached hydrogens (tertiary/aromatic N) is 5. The van der Waals surface area contributed by atoms with Crippen molar-refractivity contribution in [3.05, 3.63) is 71.2 Å². The van der Waals surface area contributed by atoms with Crippen LogP contribution in [0.25, 0.3) is 22.3 Å². The summed E-state index contributed by atoms with van der Waals surface area (Å²) in [5.41, 5.74) is 4.90. The van der Waals surface area contributed by atoms with E-state index in [9.17, 15) is 9.90 Å². The van der Waals surface area contributed by atoms with Crippen LogP contribution in [0.3, 0.4) is 0 Å². The third-order valence-electron chi connectivity index (χ3n) is 6.95. The fourth-order valence-corrected chi connectivity index (χ4v) is 5.22. The van der Waals surface area contributed by atoms with Crippen molar-refractivity contribution in [2.75, 3.05) is 0 Å². The summed E-state index contributed by atoms with van der Waals surface area (Å²) in [4.78, 5) is 29.4. The van der Waals surface area contributed by atoms with E-state index in [1.54, 1.807) is 24.7 Å². The third kappa shape index (κ3) is 5.20. The van der Waals surface area contributed by atoms with Crippen LogP contribution >= 0.6 is 11.6 Å². The molecule has 1 aliphatic carbocycles. The molecular weight excluding hydrogens is 462 g/mol. The van der Waals surface area contributed by atoms with Crippen LogP contribution in [0.2, 0.25) is 5.02 Å². The molecule has 0 bridgehead atoms. The minimum atomic E-state index is -1.16. The highest BCUT2D eigenvalue weighted by molar-refractivity contribution is 6.30. The second kappa shape index (κ2) is 10.1. The second-order valence-corrected chi connectivity index (χ2v) is 10.0. The molecule has 0 saturated heterocycles. The lowest BCUT2D eigenvalue weighted by Crippen LogP contribution is -2.17. The van der Waals surface area contributed by atoms with Gasteiger partial charge in [0.15, 0.2) is 0 Å². The Morgan fingerprint density at radius 3 is 2.66 bits per heavy atom. The Balaban J connectivity index is 1.63. The van der Waals surface area contributed by atoms with E-state index in [0.717, 1.165) is 41.9 Å². The summed E-state index contributed by atoms with van der Waals surface area (Å²) in [5, 5.41) is 10.3. The molecule has 5 rings (SSSR count). The van der Waals surface area contributed by atoms with Crippen LogP contribution in [0.5, 0.6) is 0 Å². The van der Waals surface area contributed by atoms with Gasteiger partial charge < -0.3 is 9.67 Å². The number of aromatic carboxylic acids is 1. The van der Waals surface area contributed by atoms with Crippen molar-refractivity contribution in [3.8, 4) is 11.3 Å². The standard InChI is InChI=1S/C27H28ClN5O2/c1-17-4-6-19(7-5-17)15-33-16-20(9-8-18-3-2-10-29-12-18)23-25(33)24(32-26(31-23)27(34)35)21-11-22(28)14-30-13-21/h2-3,10-14,16-17,19H,4-9,15H2,1H3,(H,34,35)/t17-,19-. The molecule has 0 aromatic carbocycles. The summed E-state index contributed by atoms with van der Waals surface area (Å²) in [6, 6.07) is 5.75. The van der Waals surface area contributed by atoms with E-state index in [4.69, 9.17) is 11.6 Å². The molecule has 0 radical (unpaired) electrons. The minimum absolute atomic E-state index is 0.223. The minimum Gasteiger partial charge on any atom is -0.475 e. The van der Waals surface area contributed by atoms with E-state index in [-0.39, 0.29) is 5.82 Å². The number of carboxylic acid groups (broad SMARTS) is 1. The first kappa shape index (κ1) is 23.4. The Labute approximate surface area is 209 Å². The molecule has 8 heteroatoms. The van der Waals surface area contributed by atoms with Crippen LogP contribution in [0.1, 0.15) is 54.4 Å². The predicted octanol–water partition coefficient (Wildman–Crippen LogP) is 5.85. The number of aryl methyl sites for hydroxylation is 2. The van der Waals surface area contributed by atoms with Crippen molar-refractivity contribution >= 4 is 28.6 Å². The van der Waals surface area contributed by atoms with Gasteiger partial charge in [0.25, 0.3) is 0 Å². The zero-order chi connectivity index (χ0) is 24.4. The van der Waals surface area contributed by atoms with Crippen LogP contribution in [0.4, 0.5) is 0 Å². The fourth-order valence-electron chi connectivity index (χ4n) is 5.04. The molecule has 1 saturated carbocycles. The summed E-state index contributed by atoms with van der Waals surface area (Å²) < 4.78 is 2.23. The number of hydrogen-bond acceptors (Lipinski definition) is 5. The lowest BCUT2D eigenvalue weighted by Gasteiger charge is -2.26. The van der Waals surface area contributed by atoms with Gasteiger partial charge in [0.1, 0.15) is 5.69 Å². The molecule has 1 aliphatic rings. The van der Waals surface area contributed by atoms with Gasteiger partial charge in [-0.3, -0.25) is 9.97 Å². The number of carboxylic acids is 1. The average Bonchev–Trinajstić information content (AvgIpc) is 3.21. The van der Waals surface area contributed by atoms with Crippen LogP contribution in [-0.2, 0) is 19.4 Å².